The van der Waals surface area contributed by atoms with Gasteiger partial charge in [0.25, 0.3) is 0 Å². The number of aromatic nitrogens is 3. The number of piperazine rings is 1. The summed E-state index contributed by atoms with van der Waals surface area (Å²) in [6.07, 6.45) is 3.27. The Morgan fingerprint density at radius 1 is 1.35 bits per heavy atom. The van der Waals surface area contributed by atoms with Crippen LogP contribution in [0.5, 0.6) is 0 Å². The van der Waals surface area contributed by atoms with Crippen molar-refractivity contribution in [2.75, 3.05) is 26.2 Å². The summed E-state index contributed by atoms with van der Waals surface area (Å²) in [7, 11) is 0. The van der Waals surface area contributed by atoms with E-state index in [1.807, 2.05) is 10.7 Å². The molecule has 1 atom stereocenters. The van der Waals surface area contributed by atoms with Crippen LogP contribution < -0.4 is 5.32 Å². The summed E-state index contributed by atoms with van der Waals surface area (Å²) in [6.45, 7) is 4.44. The highest BCUT2D eigenvalue weighted by molar-refractivity contribution is 5.21. The summed E-state index contributed by atoms with van der Waals surface area (Å²) in [5.41, 5.74) is 1.02. The van der Waals surface area contributed by atoms with E-state index in [9.17, 15) is 4.39 Å². The second-order valence-corrected chi connectivity index (χ2v) is 4.97. The Hall–Kier alpha value is -1.79. The minimum Gasteiger partial charge on any atom is -0.314 e. The summed E-state index contributed by atoms with van der Waals surface area (Å²) in [4.78, 5) is 6.31. The van der Waals surface area contributed by atoms with Gasteiger partial charge in [0.05, 0.1) is 6.54 Å². The summed E-state index contributed by atoms with van der Waals surface area (Å²) >= 11 is 0. The predicted molar refractivity (Wildman–Crippen MR) is 73.6 cm³/mol. The molecule has 1 aliphatic heterocycles. The first-order valence-electron chi connectivity index (χ1n) is 6.85. The summed E-state index contributed by atoms with van der Waals surface area (Å²) in [5.74, 6) is -0.177. The molecule has 1 unspecified atom stereocenters. The number of nitrogens with zero attached hydrogens (tertiary/aromatic N) is 4. The normalized spacial score (nSPS) is 20.1. The highest BCUT2D eigenvalue weighted by atomic mass is 19.1. The minimum atomic E-state index is -0.177. The number of hydrogen-bond acceptors (Lipinski definition) is 4. The Morgan fingerprint density at radius 2 is 2.30 bits per heavy atom. The van der Waals surface area contributed by atoms with Crippen LogP contribution in [-0.2, 0) is 6.54 Å². The van der Waals surface area contributed by atoms with Gasteiger partial charge in [-0.05, 0) is 17.7 Å². The topological polar surface area (TPSA) is 46.0 Å². The molecule has 0 amide bonds. The molecule has 6 heteroatoms. The molecule has 3 rings (SSSR count). The third kappa shape index (κ3) is 3.02. The van der Waals surface area contributed by atoms with Crippen molar-refractivity contribution in [3.8, 4) is 0 Å². The van der Waals surface area contributed by atoms with E-state index in [4.69, 9.17) is 0 Å². The molecule has 1 fully saturated rings. The maximum atomic E-state index is 13.4. The largest absolute Gasteiger partial charge is 0.314 e. The van der Waals surface area contributed by atoms with Crippen molar-refractivity contribution in [2.45, 2.75) is 12.6 Å². The van der Waals surface area contributed by atoms with Gasteiger partial charge in [-0.15, -0.1) is 0 Å². The molecule has 1 aromatic carbocycles. The van der Waals surface area contributed by atoms with Crippen LogP contribution >= 0.6 is 0 Å². The van der Waals surface area contributed by atoms with Crippen molar-refractivity contribution in [1.82, 2.24) is 25.0 Å². The van der Waals surface area contributed by atoms with E-state index in [0.717, 1.165) is 38.3 Å². The summed E-state index contributed by atoms with van der Waals surface area (Å²) < 4.78 is 15.2. The Labute approximate surface area is 117 Å². The van der Waals surface area contributed by atoms with Crippen LogP contribution in [-0.4, -0.2) is 45.8 Å². The lowest BCUT2D eigenvalue weighted by atomic mass is 10.0. The van der Waals surface area contributed by atoms with E-state index in [-0.39, 0.29) is 11.9 Å². The van der Waals surface area contributed by atoms with Gasteiger partial charge in [-0.25, -0.2) is 9.37 Å². The average molecular weight is 275 g/mol. The lowest BCUT2D eigenvalue weighted by molar-refractivity contribution is 0.154. The molecular formula is C14H18FN5. The van der Waals surface area contributed by atoms with E-state index in [1.54, 1.807) is 24.8 Å². The van der Waals surface area contributed by atoms with Crippen LogP contribution in [0, 0.1) is 5.82 Å². The lowest BCUT2D eigenvalue weighted by Gasteiger charge is -2.36. The van der Waals surface area contributed by atoms with Crippen LogP contribution in [0.15, 0.2) is 36.9 Å². The minimum absolute atomic E-state index is 0.177. The van der Waals surface area contributed by atoms with Crippen molar-refractivity contribution in [2.24, 2.45) is 0 Å². The molecule has 106 valence electrons. The van der Waals surface area contributed by atoms with Gasteiger partial charge in [-0.3, -0.25) is 9.58 Å². The van der Waals surface area contributed by atoms with Gasteiger partial charge in [0.15, 0.2) is 0 Å². The van der Waals surface area contributed by atoms with Gasteiger partial charge in [-0.1, -0.05) is 12.1 Å². The van der Waals surface area contributed by atoms with Gasteiger partial charge in [0, 0.05) is 32.2 Å². The van der Waals surface area contributed by atoms with Gasteiger partial charge in [0.2, 0.25) is 0 Å². The number of rotatable bonds is 4. The molecule has 0 bridgehead atoms. The third-order valence-corrected chi connectivity index (χ3v) is 3.67. The quantitative estimate of drug-likeness (QED) is 0.906. The van der Waals surface area contributed by atoms with E-state index < -0.39 is 0 Å². The second kappa shape index (κ2) is 6.11. The molecular weight excluding hydrogens is 257 g/mol. The molecule has 5 nitrogen and oxygen atoms in total. The zero-order valence-electron chi connectivity index (χ0n) is 11.2. The van der Waals surface area contributed by atoms with E-state index in [2.05, 4.69) is 20.3 Å². The number of halogens is 1. The Balaban J connectivity index is 1.70. The highest BCUT2D eigenvalue weighted by Gasteiger charge is 2.23. The Morgan fingerprint density at radius 3 is 3.10 bits per heavy atom. The third-order valence-electron chi connectivity index (χ3n) is 3.67. The van der Waals surface area contributed by atoms with Crippen molar-refractivity contribution < 1.29 is 4.39 Å². The first-order valence-corrected chi connectivity index (χ1v) is 6.85. The zero-order chi connectivity index (χ0) is 13.8. The molecule has 1 aliphatic rings. The fourth-order valence-corrected chi connectivity index (χ4v) is 2.64. The first-order chi connectivity index (χ1) is 9.83. The molecule has 1 N–H and O–H groups in total. The maximum absolute atomic E-state index is 13.4. The standard InChI is InChI=1S/C14H18FN5/c15-13-3-1-2-12(8-13)14-9-16-4-5-19(14)6-7-20-11-17-10-18-20/h1-3,8,10-11,14,16H,4-7,9H2. The number of benzene rings is 1. The van der Waals surface area contributed by atoms with Crippen molar-refractivity contribution in [3.63, 3.8) is 0 Å². The Kier molecular flexibility index (Phi) is 4.03. The van der Waals surface area contributed by atoms with Gasteiger partial charge < -0.3 is 5.32 Å². The SMILES string of the molecule is Fc1cccc(C2CNCCN2CCn2cncn2)c1. The molecule has 20 heavy (non-hydrogen) atoms. The summed E-state index contributed by atoms with van der Waals surface area (Å²) in [5, 5.41) is 7.49. The van der Waals surface area contributed by atoms with E-state index in [1.165, 1.54) is 6.07 Å². The van der Waals surface area contributed by atoms with Crippen LogP contribution in [0.1, 0.15) is 11.6 Å². The first kappa shape index (κ1) is 13.2. The van der Waals surface area contributed by atoms with Crippen LogP contribution in [0.2, 0.25) is 0 Å². The number of hydrogen-bond donors (Lipinski definition) is 1. The fourth-order valence-electron chi connectivity index (χ4n) is 2.64. The smallest absolute Gasteiger partial charge is 0.137 e. The molecule has 0 aliphatic carbocycles. The van der Waals surface area contributed by atoms with Crippen molar-refractivity contribution in [1.29, 1.82) is 0 Å². The van der Waals surface area contributed by atoms with E-state index in [0.29, 0.717) is 0 Å². The van der Waals surface area contributed by atoms with Gasteiger partial charge >= 0.3 is 0 Å². The molecule has 0 spiro atoms. The average Bonchev–Trinajstić information content (AvgIpc) is 2.99. The highest BCUT2D eigenvalue weighted by Crippen LogP contribution is 2.22. The van der Waals surface area contributed by atoms with Crippen molar-refractivity contribution >= 4 is 0 Å². The fraction of sp³-hybridized carbons (Fsp3) is 0.429. The van der Waals surface area contributed by atoms with Crippen molar-refractivity contribution in [3.05, 3.63) is 48.3 Å². The molecule has 2 aromatic rings. The monoisotopic (exact) mass is 275 g/mol. The molecule has 1 aromatic heterocycles. The molecule has 2 heterocycles. The Bertz CT molecular complexity index is 542. The van der Waals surface area contributed by atoms with Gasteiger partial charge in [0.1, 0.15) is 18.5 Å². The van der Waals surface area contributed by atoms with Crippen LogP contribution in [0.25, 0.3) is 0 Å². The number of nitrogens with one attached hydrogen (secondary N) is 1. The maximum Gasteiger partial charge on any atom is 0.137 e. The van der Waals surface area contributed by atoms with Gasteiger partial charge in [-0.2, -0.15) is 5.10 Å². The second-order valence-electron chi connectivity index (χ2n) is 4.97. The molecule has 0 saturated carbocycles. The summed E-state index contributed by atoms with van der Waals surface area (Å²) in [6, 6.07) is 7.08. The van der Waals surface area contributed by atoms with E-state index >= 15 is 0 Å². The molecule has 1 saturated heterocycles. The predicted octanol–water partition coefficient (Wildman–Crippen LogP) is 1.06. The molecule has 0 radical (unpaired) electrons. The van der Waals surface area contributed by atoms with Crippen LogP contribution in [0.3, 0.4) is 0 Å². The lowest BCUT2D eigenvalue weighted by Crippen LogP contribution is -2.47. The zero-order valence-corrected chi connectivity index (χ0v) is 11.2. The van der Waals surface area contributed by atoms with Crippen LogP contribution in [0.4, 0.5) is 4.39 Å².